The highest BCUT2D eigenvalue weighted by molar-refractivity contribution is 8.00. The van der Waals surface area contributed by atoms with Gasteiger partial charge >= 0.3 is 5.97 Å². The molecular weight excluding hydrogens is 294 g/mol. The fourth-order valence-electron chi connectivity index (χ4n) is 1.66. The Labute approximate surface area is 128 Å². The number of ether oxygens (including phenoxy) is 2. The molecular formula is C14H19NO5S. The Morgan fingerprint density at radius 2 is 2.00 bits per heavy atom. The number of carbonyl (C=O) groups is 1. The zero-order valence-electron chi connectivity index (χ0n) is 12.5. The Balaban J connectivity index is 2.91. The molecule has 1 unspecified atom stereocenters. The summed E-state index contributed by atoms with van der Waals surface area (Å²) in [6.07, 6.45) is 0.168. The maximum Gasteiger partial charge on any atom is 0.306 e. The van der Waals surface area contributed by atoms with Gasteiger partial charge in [0.15, 0.2) is 0 Å². The van der Waals surface area contributed by atoms with Crippen molar-refractivity contribution in [1.82, 2.24) is 0 Å². The van der Waals surface area contributed by atoms with E-state index in [0.717, 1.165) is 0 Å². The quantitative estimate of drug-likeness (QED) is 0.332. The SMILES string of the molecule is COC(=O)CC(C)Sc1cc(OC(C)C)cc([N+](=O)[O-])c1. The van der Waals surface area contributed by atoms with Crippen LogP contribution in [-0.4, -0.2) is 29.4 Å². The predicted molar refractivity (Wildman–Crippen MR) is 80.8 cm³/mol. The average molecular weight is 313 g/mol. The summed E-state index contributed by atoms with van der Waals surface area (Å²) in [5, 5.41) is 10.9. The van der Waals surface area contributed by atoms with Crippen molar-refractivity contribution >= 4 is 23.4 Å². The molecule has 0 heterocycles. The fourth-order valence-corrected chi connectivity index (χ4v) is 2.72. The molecule has 0 bridgehead atoms. The molecule has 1 aromatic carbocycles. The largest absolute Gasteiger partial charge is 0.491 e. The zero-order valence-corrected chi connectivity index (χ0v) is 13.3. The number of rotatable bonds is 7. The first-order chi connectivity index (χ1) is 9.81. The molecule has 0 saturated heterocycles. The van der Waals surface area contributed by atoms with E-state index in [2.05, 4.69) is 4.74 Å². The van der Waals surface area contributed by atoms with Gasteiger partial charge in [0.25, 0.3) is 5.69 Å². The Morgan fingerprint density at radius 1 is 1.33 bits per heavy atom. The van der Waals surface area contributed by atoms with E-state index in [4.69, 9.17) is 4.74 Å². The van der Waals surface area contributed by atoms with Gasteiger partial charge in [-0.2, -0.15) is 0 Å². The summed E-state index contributed by atoms with van der Waals surface area (Å²) in [4.78, 5) is 22.4. The van der Waals surface area contributed by atoms with E-state index in [0.29, 0.717) is 10.6 Å². The molecule has 0 N–H and O–H groups in total. The van der Waals surface area contributed by atoms with Crippen molar-refractivity contribution in [2.75, 3.05) is 7.11 Å². The summed E-state index contributed by atoms with van der Waals surface area (Å²) in [7, 11) is 1.33. The molecule has 6 nitrogen and oxygen atoms in total. The average Bonchev–Trinajstić information content (AvgIpc) is 2.36. The number of nitro groups is 1. The van der Waals surface area contributed by atoms with Crippen LogP contribution in [0.1, 0.15) is 27.2 Å². The summed E-state index contributed by atoms with van der Waals surface area (Å²) in [5.41, 5.74) is -0.0269. The maximum absolute atomic E-state index is 11.2. The molecule has 116 valence electrons. The normalized spacial score (nSPS) is 12.0. The molecule has 0 saturated carbocycles. The minimum Gasteiger partial charge on any atom is -0.491 e. The molecule has 0 aliphatic carbocycles. The van der Waals surface area contributed by atoms with Crippen molar-refractivity contribution in [2.24, 2.45) is 0 Å². The lowest BCUT2D eigenvalue weighted by Gasteiger charge is -2.13. The molecule has 0 radical (unpaired) electrons. The van der Waals surface area contributed by atoms with Gasteiger partial charge in [0.2, 0.25) is 0 Å². The highest BCUT2D eigenvalue weighted by atomic mass is 32.2. The Morgan fingerprint density at radius 3 is 2.52 bits per heavy atom. The van der Waals surface area contributed by atoms with Gasteiger partial charge in [-0.1, -0.05) is 6.92 Å². The van der Waals surface area contributed by atoms with Crippen LogP contribution in [0.3, 0.4) is 0 Å². The number of esters is 1. The Bertz CT molecular complexity index is 518. The highest BCUT2D eigenvalue weighted by Crippen LogP contribution is 2.33. The molecule has 0 spiro atoms. The smallest absolute Gasteiger partial charge is 0.306 e. The van der Waals surface area contributed by atoms with Gasteiger partial charge in [-0.3, -0.25) is 14.9 Å². The zero-order chi connectivity index (χ0) is 16.0. The monoisotopic (exact) mass is 313 g/mol. The topological polar surface area (TPSA) is 78.7 Å². The van der Waals surface area contributed by atoms with Gasteiger partial charge in [0.05, 0.1) is 30.6 Å². The van der Waals surface area contributed by atoms with Crippen LogP contribution in [0.25, 0.3) is 0 Å². The molecule has 21 heavy (non-hydrogen) atoms. The number of nitro benzene ring substituents is 1. The molecule has 1 aromatic rings. The lowest BCUT2D eigenvalue weighted by Crippen LogP contribution is -2.09. The number of methoxy groups -OCH3 is 1. The molecule has 7 heteroatoms. The van der Waals surface area contributed by atoms with Gasteiger partial charge in [-0.05, 0) is 19.9 Å². The van der Waals surface area contributed by atoms with Crippen LogP contribution in [0.4, 0.5) is 5.69 Å². The third-order valence-corrected chi connectivity index (χ3v) is 3.54. The minimum absolute atomic E-state index is 0.0269. The summed E-state index contributed by atoms with van der Waals surface area (Å²) in [6, 6.07) is 4.62. The van der Waals surface area contributed by atoms with E-state index in [1.54, 1.807) is 6.07 Å². The number of carbonyl (C=O) groups excluding carboxylic acids is 1. The van der Waals surface area contributed by atoms with Gasteiger partial charge in [0.1, 0.15) is 5.75 Å². The third kappa shape index (κ3) is 6.03. The first kappa shape index (κ1) is 17.3. The van der Waals surface area contributed by atoms with Crippen LogP contribution in [0.2, 0.25) is 0 Å². The summed E-state index contributed by atoms with van der Waals surface area (Å²) >= 11 is 1.37. The fraction of sp³-hybridized carbons (Fsp3) is 0.500. The molecule has 0 fully saturated rings. The molecule has 1 rings (SSSR count). The maximum atomic E-state index is 11.2. The van der Waals surface area contributed by atoms with Crippen molar-refractivity contribution in [2.45, 2.75) is 43.4 Å². The number of non-ortho nitro benzene ring substituents is 1. The van der Waals surface area contributed by atoms with Crippen LogP contribution in [0, 0.1) is 10.1 Å². The number of benzene rings is 1. The standard InChI is InChI=1S/C14H19NO5S/c1-9(2)20-12-6-11(15(17)18)7-13(8-12)21-10(3)5-14(16)19-4/h6-10H,5H2,1-4H3. The summed E-state index contributed by atoms with van der Waals surface area (Å²) < 4.78 is 10.1. The molecule has 0 aromatic heterocycles. The van der Waals surface area contributed by atoms with E-state index < -0.39 is 4.92 Å². The van der Waals surface area contributed by atoms with Gasteiger partial charge in [-0.15, -0.1) is 11.8 Å². The Kier molecular flexibility index (Phi) is 6.48. The van der Waals surface area contributed by atoms with E-state index in [9.17, 15) is 14.9 Å². The molecule has 0 amide bonds. The second-order valence-electron chi connectivity index (χ2n) is 4.80. The van der Waals surface area contributed by atoms with Crippen LogP contribution < -0.4 is 4.74 Å². The van der Waals surface area contributed by atoms with Gasteiger partial charge in [-0.25, -0.2) is 0 Å². The lowest BCUT2D eigenvalue weighted by atomic mass is 10.3. The number of hydrogen-bond donors (Lipinski definition) is 0. The number of nitrogens with zero attached hydrogens (tertiary/aromatic N) is 1. The van der Waals surface area contributed by atoms with Gasteiger partial charge in [0, 0.05) is 16.2 Å². The minimum atomic E-state index is -0.456. The van der Waals surface area contributed by atoms with Crippen molar-refractivity contribution in [3.63, 3.8) is 0 Å². The molecule has 0 aliphatic rings. The van der Waals surface area contributed by atoms with Crippen molar-refractivity contribution in [3.8, 4) is 5.75 Å². The second-order valence-corrected chi connectivity index (χ2v) is 6.31. The third-order valence-electron chi connectivity index (χ3n) is 2.47. The molecule has 1 atom stereocenters. The van der Waals surface area contributed by atoms with Crippen LogP contribution in [0.5, 0.6) is 5.75 Å². The highest BCUT2D eigenvalue weighted by Gasteiger charge is 2.16. The van der Waals surface area contributed by atoms with E-state index in [1.807, 2.05) is 20.8 Å². The van der Waals surface area contributed by atoms with Crippen molar-refractivity contribution in [1.29, 1.82) is 0 Å². The number of hydrogen-bond acceptors (Lipinski definition) is 6. The van der Waals surface area contributed by atoms with E-state index in [1.165, 1.54) is 31.0 Å². The van der Waals surface area contributed by atoms with Crippen molar-refractivity contribution in [3.05, 3.63) is 28.3 Å². The second kappa shape index (κ2) is 7.87. The Hall–Kier alpha value is -1.76. The van der Waals surface area contributed by atoms with Crippen LogP contribution in [-0.2, 0) is 9.53 Å². The van der Waals surface area contributed by atoms with Crippen LogP contribution in [0.15, 0.2) is 23.1 Å². The van der Waals surface area contributed by atoms with E-state index in [-0.39, 0.29) is 29.4 Å². The lowest BCUT2D eigenvalue weighted by molar-refractivity contribution is -0.385. The van der Waals surface area contributed by atoms with E-state index >= 15 is 0 Å². The first-order valence-electron chi connectivity index (χ1n) is 6.51. The number of thioether (sulfide) groups is 1. The molecule has 0 aliphatic heterocycles. The van der Waals surface area contributed by atoms with Crippen LogP contribution >= 0.6 is 11.8 Å². The first-order valence-corrected chi connectivity index (χ1v) is 7.39. The summed E-state index contributed by atoms with van der Waals surface area (Å²) in [6.45, 7) is 5.57. The van der Waals surface area contributed by atoms with Gasteiger partial charge < -0.3 is 9.47 Å². The van der Waals surface area contributed by atoms with Crippen molar-refractivity contribution < 1.29 is 19.2 Å². The predicted octanol–water partition coefficient (Wildman–Crippen LogP) is 3.43. The summed E-state index contributed by atoms with van der Waals surface area (Å²) in [5.74, 6) is 0.144.